The molecule has 18 heavy (non-hydrogen) atoms. The van der Waals surface area contributed by atoms with E-state index in [1.165, 1.54) is 0 Å². The molecule has 0 rings (SSSR count). The van der Waals surface area contributed by atoms with Crippen molar-refractivity contribution >= 4 is 0 Å². The topological polar surface area (TPSA) is 41.3 Å². The largest absolute Gasteiger partial charge is 0.389 e. The van der Waals surface area contributed by atoms with Crippen molar-refractivity contribution in [3.8, 4) is 0 Å². The third-order valence-electron chi connectivity index (χ3n) is 3.92. The van der Waals surface area contributed by atoms with Gasteiger partial charge in [0, 0.05) is 18.0 Å². The van der Waals surface area contributed by atoms with Gasteiger partial charge in [0.25, 0.3) is 0 Å². The van der Waals surface area contributed by atoms with Crippen molar-refractivity contribution in [2.45, 2.75) is 63.7 Å². The summed E-state index contributed by atoms with van der Waals surface area (Å²) in [5.74, 6) is 5.54. The molecule has 0 bridgehead atoms. The summed E-state index contributed by atoms with van der Waals surface area (Å²) in [7, 11) is 3.89. The van der Waals surface area contributed by atoms with Crippen molar-refractivity contribution in [3.63, 3.8) is 0 Å². The Morgan fingerprint density at radius 2 is 1.67 bits per heavy atom. The number of likely N-dealkylation sites (N-methyl/N-ethyl adjacent to an activating group) is 1. The summed E-state index contributed by atoms with van der Waals surface area (Å²) in [4.78, 5) is 2.06. The van der Waals surface area contributed by atoms with Crippen LogP contribution < -0.4 is 11.3 Å². The first kappa shape index (κ1) is 17.7. The van der Waals surface area contributed by atoms with Crippen molar-refractivity contribution < 1.29 is 13.2 Å². The third-order valence-corrected chi connectivity index (χ3v) is 3.92. The number of nitrogens with zero attached hydrogens (tertiary/aromatic N) is 1. The quantitative estimate of drug-likeness (QED) is 0.526. The van der Waals surface area contributed by atoms with Gasteiger partial charge in [-0.15, -0.1) is 0 Å². The van der Waals surface area contributed by atoms with Crippen LogP contribution in [0.2, 0.25) is 0 Å². The van der Waals surface area contributed by atoms with E-state index in [-0.39, 0.29) is 18.0 Å². The molecule has 0 aromatic heterocycles. The Kier molecular flexibility index (Phi) is 7.17. The van der Waals surface area contributed by atoms with Gasteiger partial charge in [-0.1, -0.05) is 13.8 Å². The predicted molar refractivity (Wildman–Crippen MR) is 68.0 cm³/mol. The van der Waals surface area contributed by atoms with Gasteiger partial charge < -0.3 is 4.90 Å². The number of hydrogen-bond acceptors (Lipinski definition) is 3. The van der Waals surface area contributed by atoms with Crippen LogP contribution in [0.25, 0.3) is 0 Å². The minimum Gasteiger partial charge on any atom is -0.302 e. The summed E-state index contributed by atoms with van der Waals surface area (Å²) < 4.78 is 36.5. The lowest BCUT2D eigenvalue weighted by atomic mass is 9.81. The number of halogens is 3. The lowest BCUT2D eigenvalue weighted by Crippen LogP contribution is -2.60. The van der Waals surface area contributed by atoms with Gasteiger partial charge in [-0.25, -0.2) is 0 Å². The molecule has 0 amide bonds. The zero-order valence-electron chi connectivity index (χ0n) is 11.8. The number of rotatable bonds is 8. The van der Waals surface area contributed by atoms with Crippen molar-refractivity contribution in [2.75, 3.05) is 14.1 Å². The molecule has 0 radical (unpaired) electrons. The number of nitrogens with two attached hydrogens (primary N) is 1. The maximum atomic E-state index is 12.2. The van der Waals surface area contributed by atoms with Gasteiger partial charge in [-0.3, -0.25) is 11.3 Å². The zero-order valence-corrected chi connectivity index (χ0v) is 11.8. The highest BCUT2D eigenvalue weighted by Gasteiger charge is 2.37. The maximum Gasteiger partial charge on any atom is 0.389 e. The number of hydrogen-bond donors (Lipinski definition) is 2. The van der Waals surface area contributed by atoms with Gasteiger partial charge in [0.05, 0.1) is 0 Å². The first-order chi connectivity index (χ1) is 8.23. The van der Waals surface area contributed by atoms with Crippen molar-refractivity contribution in [1.29, 1.82) is 0 Å². The normalized spacial score (nSPS) is 15.2. The molecule has 3 N–H and O–H groups in total. The molecule has 0 saturated carbocycles. The van der Waals surface area contributed by atoms with E-state index in [1.54, 1.807) is 0 Å². The smallest absolute Gasteiger partial charge is 0.302 e. The summed E-state index contributed by atoms with van der Waals surface area (Å²) in [6, 6.07) is -0.134. The molecular formula is C12H26F3N3. The fourth-order valence-corrected chi connectivity index (χ4v) is 2.70. The van der Waals surface area contributed by atoms with E-state index in [9.17, 15) is 13.2 Å². The molecule has 0 aliphatic rings. The molecule has 0 aliphatic heterocycles. The van der Waals surface area contributed by atoms with Crippen LogP contribution in [-0.2, 0) is 0 Å². The fraction of sp³-hybridized carbons (Fsp3) is 1.00. The molecule has 1 atom stereocenters. The van der Waals surface area contributed by atoms with Gasteiger partial charge in [0.15, 0.2) is 0 Å². The Labute approximate surface area is 108 Å². The van der Waals surface area contributed by atoms with Gasteiger partial charge in [-0.05, 0) is 39.8 Å². The number of alkyl halides is 3. The Morgan fingerprint density at radius 3 is 1.94 bits per heavy atom. The van der Waals surface area contributed by atoms with Gasteiger partial charge in [0.1, 0.15) is 0 Å². The minimum absolute atomic E-state index is 0.105. The van der Waals surface area contributed by atoms with Crippen LogP contribution in [0.5, 0.6) is 0 Å². The molecular weight excluding hydrogens is 243 g/mol. The molecule has 110 valence electrons. The van der Waals surface area contributed by atoms with Crippen LogP contribution in [-0.4, -0.2) is 36.8 Å². The molecule has 0 aromatic rings. The van der Waals surface area contributed by atoms with Crippen molar-refractivity contribution in [2.24, 2.45) is 5.84 Å². The highest BCUT2D eigenvalue weighted by atomic mass is 19.4. The van der Waals surface area contributed by atoms with Gasteiger partial charge in [-0.2, -0.15) is 13.2 Å². The number of nitrogens with one attached hydrogen (secondary N) is 1. The average molecular weight is 269 g/mol. The lowest BCUT2D eigenvalue weighted by Gasteiger charge is -2.45. The van der Waals surface area contributed by atoms with Gasteiger partial charge in [0.2, 0.25) is 0 Å². The zero-order chi connectivity index (χ0) is 14.4. The van der Waals surface area contributed by atoms with E-state index >= 15 is 0 Å². The van der Waals surface area contributed by atoms with E-state index in [2.05, 4.69) is 10.3 Å². The third kappa shape index (κ3) is 4.74. The maximum absolute atomic E-state index is 12.2. The van der Waals surface area contributed by atoms with E-state index < -0.39 is 12.6 Å². The molecule has 0 heterocycles. The second kappa shape index (κ2) is 7.31. The standard InChI is InChI=1S/C12H26F3N3/c1-5-11(6-2,18(3)4)10(17-16)8-7-9-12(13,14)15/h10,17H,5-9,16H2,1-4H3. The Balaban J connectivity index is 4.62. The summed E-state index contributed by atoms with van der Waals surface area (Å²) >= 11 is 0. The molecule has 0 spiro atoms. The molecule has 0 saturated heterocycles. The number of hydrazine groups is 1. The fourth-order valence-electron chi connectivity index (χ4n) is 2.70. The molecule has 1 unspecified atom stereocenters. The highest BCUT2D eigenvalue weighted by Crippen LogP contribution is 2.30. The second-order valence-electron chi connectivity index (χ2n) is 4.93. The second-order valence-corrected chi connectivity index (χ2v) is 4.93. The SMILES string of the molecule is CCC(CC)(C(CCCC(F)(F)F)NN)N(C)C. The molecule has 6 heteroatoms. The van der Waals surface area contributed by atoms with Crippen molar-refractivity contribution in [1.82, 2.24) is 10.3 Å². The minimum atomic E-state index is -4.08. The summed E-state index contributed by atoms with van der Waals surface area (Å²) in [5.41, 5.74) is 2.51. The monoisotopic (exact) mass is 269 g/mol. The van der Waals surface area contributed by atoms with Crippen LogP contribution in [0.3, 0.4) is 0 Å². The molecule has 0 fully saturated rings. The Bertz CT molecular complexity index is 225. The average Bonchev–Trinajstić information content (AvgIpc) is 2.26. The van der Waals surface area contributed by atoms with E-state index in [0.717, 1.165) is 12.8 Å². The highest BCUT2D eigenvalue weighted by molar-refractivity contribution is 4.96. The van der Waals surface area contributed by atoms with Crippen LogP contribution in [0, 0.1) is 0 Å². The molecule has 0 aliphatic carbocycles. The summed E-state index contributed by atoms with van der Waals surface area (Å²) in [6.07, 6.45) is -2.61. The Morgan fingerprint density at radius 1 is 1.17 bits per heavy atom. The summed E-state index contributed by atoms with van der Waals surface area (Å²) in [5, 5.41) is 0. The van der Waals surface area contributed by atoms with E-state index in [4.69, 9.17) is 5.84 Å². The van der Waals surface area contributed by atoms with Crippen molar-refractivity contribution in [3.05, 3.63) is 0 Å². The van der Waals surface area contributed by atoms with E-state index in [0.29, 0.717) is 6.42 Å². The predicted octanol–water partition coefficient (Wildman–Crippen LogP) is 2.67. The van der Waals surface area contributed by atoms with E-state index in [1.807, 2.05) is 27.9 Å². The Hall–Kier alpha value is -0.330. The molecule has 3 nitrogen and oxygen atoms in total. The van der Waals surface area contributed by atoms with Crippen LogP contribution in [0.4, 0.5) is 13.2 Å². The summed E-state index contributed by atoms with van der Waals surface area (Å²) in [6.45, 7) is 4.08. The lowest BCUT2D eigenvalue weighted by molar-refractivity contribution is -0.136. The molecule has 0 aromatic carbocycles. The first-order valence-corrected chi connectivity index (χ1v) is 6.43. The van der Waals surface area contributed by atoms with Crippen LogP contribution in [0.1, 0.15) is 46.0 Å². The van der Waals surface area contributed by atoms with Crippen LogP contribution >= 0.6 is 0 Å². The van der Waals surface area contributed by atoms with Gasteiger partial charge >= 0.3 is 6.18 Å². The van der Waals surface area contributed by atoms with Crippen LogP contribution in [0.15, 0.2) is 0 Å². The first-order valence-electron chi connectivity index (χ1n) is 6.43.